The van der Waals surface area contributed by atoms with Crippen LogP contribution in [0.5, 0.6) is 34.5 Å². The van der Waals surface area contributed by atoms with E-state index in [1.54, 1.807) is 6.92 Å². The lowest BCUT2D eigenvalue weighted by atomic mass is 10.1. The molecule has 2 aromatic rings. The van der Waals surface area contributed by atoms with E-state index in [1.807, 2.05) is 0 Å². The average molecular weight is 292 g/mol. The first-order chi connectivity index (χ1) is 9.79. The average Bonchev–Trinajstić information content (AvgIpc) is 2.40. The molecular formula is C14H12O7. The van der Waals surface area contributed by atoms with E-state index in [0.717, 1.165) is 12.1 Å². The number of carbonyl (C=O) groups is 1. The van der Waals surface area contributed by atoms with E-state index < -0.39 is 29.0 Å². The smallest absolute Gasteiger partial charge is 0.335 e. The van der Waals surface area contributed by atoms with E-state index in [4.69, 9.17) is 9.84 Å². The van der Waals surface area contributed by atoms with Gasteiger partial charge in [-0.2, -0.15) is 0 Å². The molecule has 0 amide bonds. The summed E-state index contributed by atoms with van der Waals surface area (Å²) in [7, 11) is 0. The highest BCUT2D eigenvalue weighted by Crippen LogP contribution is 2.44. The maximum absolute atomic E-state index is 10.9. The number of hydrogen-bond donors (Lipinski definition) is 5. The van der Waals surface area contributed by atoms with Gasteiger partial charge in [-0.25, -0.2) is 4.79 Å². The van der Waals surface area contributed by atoms with Gasteiger partial charge in [-0.05, 0) is 36.8 Å². The second kappa shape index (κ2) is 5.12. The Bertz CT molecular complexity index is 722. The number of hydrogen-bond acceptors (Lipinski definition) is 6. The van der Waals surface area contributed by atoms with Gasteiger partial charge >= 0.3 is 5.97 Å². The van der Waals surface area contributed by atoms with Crippen molar-refractivity contribution >= 4 is 5.97 Å². The summed E-state index contributed by atoms with van der Waals surface area (Å²) >= 11 is 0. The number of ether oxygens (including phenoxy) is 1. The molecule has 21 heavy (non-hydrogen) atoms. The molecule has 0 aliphatic carbocycles. The number of phenols is 4. The molecule has 7 nitrogen and oxygen atoms in total. The minimum absolute atomic E-state index is 0.190. The van der Waals surface area contributed by atoms with Crippen molar-refractivity contribution in [2.24, 2.45) is 0 Å². The molecule has 0 atom stereocenters. The van der Waals surface area contributed by atoms with Crippen LogP contribution in [0.3, 0.4) is 0 Å². The SMILES string of the molecule is Cc1cc(O)c(O)c(Oc2cc(C(=O)O)cc(O)c2O)c1. The Morgan fingerprint density at radius 2 is 1.43 bits per heavy atom. The van der Waals surface area contributed by atoms with Crippen molar-refractivity contribution in [3.63, 3.8) is 0 Å². The van der Waals surface area contributed by atoms with Gasteiger partial charge in [0.15, 0.2) is 23.0 Å². The standard InChI is InChI=1S/C14H12O7/c1-6-2-8(15)12(17)10(3-6)21-11-5-7(14(19)20)4-9(16)13(11)18/h2-5,15-18H,1H3,(H,19,20). The monoisotopic (exact) mass is 292 g/mol. The van der Waals surface area contributed by atoms with Gasteiger partial charge in [0.25, 0.3) is 0 Å². The number of carboxylic acid groups (broad SMARTS) is 1. The summed E-state index contributed by atoms with van der Waals surface area (Å²) in [4.78, 5) is 10.9. The number of aryl methyl sites for hydroxylation is 1. The molecule has 0 unspecified atom stereocenters. The fraction of sp³-hybridized carbons (Fsp3) is 0.0714. The van der Waals surface area contributed by atoms with E-state index in [9.17, 15) is 25.2 Å². The number of benzene rings is 2. The quantitative estimate of drug-likeness (QED) is 0.549. The first-order valence-electron chi connectivity index (χ1n) is 5.79. The van der Waals surface area contributed by atoms with Crippen LogP contribution in [-0.4, -0.2) is 31.5 Å². The zero-order valence-electron chi connectivity index (χ0n) is 10.9. The maximum atomic E-state index is 10.9. The number of carboxylic acids is 1. The Hall–Kier alpha value is -3.09. The van der Waals surface area contributed by atoms with Gasteiger partial charge in [0, 0.05) is 0 Å². The fourth-order valence-electron chi connectivity index (χ4n) is 1.72. The van der Waals surface area contributed by atoms with Gasteiger partial charge in [0.2, 0.25) is 11.5 Å². The largest absolute Gasteiger partial charge is 0.504 e. The zero-order chi connectivity index (χ0) is 15.7. The molecule has 0 fully saturated rings. The predicted molar refractivity (Wildman–Crippen MR) is 71.3 cm³/mol. The summed E-state index contributed by atoms with van der Waals surface area (Å²) in [5, 5.41) is 47.2. The van der Waals surface area contributed by atoms with Crippen LogP contribution in [0.25, 0.3) is 0 Å². The second-order valence-electron chi connectivity index (χ2n) is 4.38. The van der Waals surface area contributed by atoms with Crippen LogP contribution in [0.4, 0.5) is 0 Å². The van der Waals surface area contributed by atoms with Crippen LogP contribution in [-0.2, 0) is 0 Å². The molecule has 2 rings (SSSR count). The summed E-state index contributed by atoms with van der Waals surface area (Å²) in [6, 6.07) is 4.51. The molecule has 0 bridgehead atoms. The zero-order valence-corrected chi connectivity index (χ0v) is 10.9. The fourth-order valence-corrected chi connectivity index (χ4v) is 1.72. The van der Waals surface area contributed by atoms with E-state index in [-0.39, 0.29) is 17.1 Å². The first kappa shape index (κ1) is 14.3. The molecule has 5 N–H and O–H groups in total. The van der Waals surface area contributed by atoms with Crippen molar-refractivity contribution in [3.8, 4) is 34.5 Å². The molecule has 0 saturated carbocycles. The molecule has 2 aromatic carbocycles. The van der Waals surface area contributed by atoms with Gasteiger partial charge in [-0.15, -0.1) is 0 Å². The third-order valence-corrected chi connectivity index (χ3v) is 2.72. The normalized spacial score (nSPS) is 10.3. The second-order valence-corrected chi connectivity index (χ2v) is 4.38. The molecule has 0 heterocycles. The van der Waals surface area contributed by atoms with Crippen molar-refractivity contribution in [2.75, 3.05) is 0 Å². The van der Waals surface area contributed by atoms with E-state index >= 15 is 0 Å². The topological polar surface area (TPSA) is 127 Å². The lowest BCUT2D eigenvalue weighted by Crippen LogP contribution is -1.97. The molecular weight excluding hydrogens is 280 g/mol. The summed E-state index contributed by atoms with van der Waals surface area (Å²) in [5.41, 5.74) is 0.259. The number of aromatic carboxylic acids is 1. The Morgan fingerprint density at radius 1 is 0.905 bits per heavy atom. The van der Waals surface area contributed by atoms with Gasteiger partial charge in [-0.3, -0.25) is 0 Å². The Balaban J connectivity index is 2.51. The highest BCUT2D eigenvalue weighted by atomic mass is 16.5. The third-order valence-electron chi connectivity index (χ3n) is 2.72. The van der Waals surface area contributed by atoms with E-state index in [1.165, 1.54) is 12.1 Å². The van der Waals surface area contributed by atoms with Crippen LogP contribution in [0.2, 0.25) is 0 Å². The van der Waals surface area contributed by atoms with Crippen molar-refractivity contribution in [3.05, 3.63) is 35.4 Å². The minimum atomic E-state index is -1.33. The molecule has 0 radical (unpaired) electrons. The molecule has 0 aliphatic heterocycles. The van der Waals surface area contributed by atoms with Crippen molar-refractivity contribution < 1.29 is 35.1 Å². The lowest BCUT2D eigenvalue weighted by Gasteiger charge is -2.12. The number of rotatable bonds is 3. The van der Waals surface area contributed by atoms with Gasteiger partial charge in [-0.1, -0.05) is 0 Å². The summed E-state index contributed by atoms with van der Waals surface area (Å²) < 4.78 is 5.19. The van der Waals surface area contributed by atoms with Crippen LogP contribution < -0.4 is 4.74 Å². The maximum Gasteiger partial charge on any atom is 0.335 e. The van der Waals surface area contributed by atoms with Gasteiger partial charge < -0.3 is 30.3 Å². The molecule has 0 aliphatic rings. The first-order valence-corrected chi connectivity index (χ1v) is 5.79. The Kier molecular flexibility index (Phi) is 3.49. The van der Waals surface area contributed by atoms with Gasteiger partial charge in [0.1, 0.15) is 0 Å². The summed E-state index contributed by atoms with van der Waals surface area (Å²) in [6.07, 6.45) is 0. The van der Waals surface area contributed by atoms with Crippen LogP contribution in [0.1, 0.15) is 15.9 Å². The van der Waals surface area contributed by atoms with Crippen molar-refractivity contribution in [1.29, 1.82) is 0 Å². The summed E-state index contributed by atoms with van der Waals surface area (Å²) in [6.45, 7) is 1.64. The molecule has 0 aromatic heterocycles. The highest BCUT2D eigenvalue weighted by Gasteiger charge is 2.17. The van der Waals surface area contributed by atoms with Crippen molar-refractivity contribution in [1.82, 2.24) is 0 Å². The number of aromatic hydroxyl groups is 4. The van der Waals surface area contributed by atoms with Crippen LogP contribution >= 0.6 is 0 Å². The molecule has 110 valence electrons. The molecule has 0 spiro atoms. The van der Waals surface area contributed by atoms with E-state index in [2.05, 4.69) is 0 Å². The third kappa shape index (κ3) is 2.76. The predicted octanol–water partition coefficient (Wildman–Crippen LogP) is 2.31. The minimum Gasteiger partial charge on any atom is -0.504 e. The lowest BCUT2D eigenvalue weighted by molar-refractivity contribution is 0.0696. The number of phenolic OH excluding ortho intramolecular Hbond substituents is 4. The molecule has 7 heteroatoms. The van der Waals surface area contributed by atoms with Gasteiger partial charge in [0.05, 0.1) is 5.56 Å². The van der Waals surface area contributed by atoms with Crippen molar-refractivity contribution in [2.45, 2.75) is 6.92 Å². The van der Waals surface area contributed by atoms with Crippen LogP contribution in [0.15, 0.2) is 24.3 Å². The van der Waals surface area contributed by atoms with E-state index in [0.29, 0.717) is 5.56 Å². The molecule has 0 saturated heterocycles. The Morgan fingerprint density at radius 3 is 2.00 bits per heavy atom. The highest BCUT2D eigenvalue weighted by molar-refractivity contribution is 5.89. The summed E-state index contributed by atoms with van der Waals surface area (Å²) in [5.74, 6) is -4.24. The Labute approximate surface area is 118 Å². The van der Waals surface area contributed by atoms with Crippen LogP contribution in [0, 0.1) is 6.92 Å².